The van der Waals surface area contributed by atoms with Crippen molar-refractivity contribution in [2.75, 3.05) is 20.2 Å². The number of benzene rings is 1. The number of piperidine rings is 1. The summed E-state index contributed by atoms with van der Waals surface area (Å²) in [5, 5.41) is 13.1. The second kappa shape index (κ2) is 6.78. The average Bonchev–Trinajstić information content (AvgIpc) is 3.03. The van der Waals surface area contributed by atoms with Crippen LogP contribution in [0.3, 0.4) is 0 Å². The molecule has 2 aromatic rings. The third kappa shape index (κ3) is 3.68. The fraction of sp³-hybridized carbons (Fsp3) is 0.438. The summed E-state index contributed by atoms with van der Waals surface area (Å²) in [5.41, 5.74) is 0.850. The zero-order valence-corrected chi connectivity index (χ0v) is 12.9. The van der Waals surface area contributed by atoms with Crippen LogP contribution in [-0.4, -0.2) is 46.3 Å². The van der Waals surface area contributed by atoms with Gasteiger partial charge in [-0.1, -0.05) is 5.16 Å². The van der Waals surface area contributed by atoms with E-state index >= 15 is 0 Å². The highest BCUT2D eigenvalue weighted by molar-refractivity contribution is 5.70. The Kier molecular flexibility index (Phi) is 4.57. The molecule has 23 heavy (non-hydrogen) atoms. The molecule has 1 unspecified atom stereocenters. The molecule has 0 aliphatic carbocycles. The molecule has 1 aromatic carbocycles. The van der Waals surface area contributed by atoms with Crippen LogP contribution < -0.4 is 4.74 Å². The number of carboxylic acid groups (broad SMARTS) is 1. The van der Waals surface area contributed by atoms with E-state index in [9.17, 15) is 4.79 Å². The summed E-state index contributed by atoms with van der Waals surface area (Å²) in [7, 11) is 1.62. The van der Waals surface area contributed by atoms with Crippen LogP contribution in [0.15, 0.2) is 28.8 Å². The zero-order valence-electron chi connectivity index (χ0n) is 12.9. The Morgan fingerprint density at radius 1 is 1.43 bits per heavy atom. The minimum Gasteiger partial charge on any atom is -0.497 e. The van der Waals surface area contributed by atoms with E-state index in [0.717, 1.165) is 30.7 Å². The van der Waals surface area contributed by atoms with Gasteiger partial charge in [-0.15, -0.1) is 0 Å². The summed E-state index contributed by atoms with van der Waals surface area (Å²) < 4.78 is 10.4. The van der Waals surface area contributed by atoms with Crippen LogP contribution in [0.1, 0.15) is 18.7 Å². The minimum atomic E-state index is -0.737. The molecule has 1 saturated heterocycles. The highest BCUT2D eigenvalue weighted by atomic mass is 16.5. The van der Waals surface area contributed by atoms with Crippen molar-refractivity contribution >= 4 is 5.97 Å². The SMILES string of the molecule is COc1ccc(-c2noc(CN3CCCC(C(=O)O)C3)n2)cc1. The molecular weight excluding hydrogens is 298 g/mol. The number of methoxy groups -OCH3 is 1. The second-order valence-electron chi connectivity index (χ2n) is 5.65. The molecule has 0 amide bonds. The van der Waals surface area contributed by atoms with Gasteiger partial charge in [-0.25, -0.2) is 0 Å². The van der Waals surface area contributed by atoms with Gasteiger partial charge in [0.2, 0.25) is 11.7 Å². The number of aromatic nitrogens is 2. The fourth-order valence-electron chi connectivity index (χ4n) is 2.77. The Bertz CT molecular complexity index is 668. The molecule has 7 heteroatoms. The molecule has 1 fully saturated rings. The van der Waals surface area contributed by atoms with E-state index in [4.69, 9.17) is 14.4 Å². The number of likely N-dealkylation sites (tertiary alicyclic amines) is 1. The molecular formula is C16H19N3O4. The molecule has 3 rings (SSSR count). The van der Waals surface area contributed by atoms with Crippen molar-refractivity contribution in [1.82, 2.24) is 15.0 Å². The van der Waals surface area contributed by atoms with Gasteiger partial charge in [-0.2, -0.15) is 4.98 Å². The van der Waals surface area contributed by atoms with Gasteiger partial charge in [0.05, 0.1) is 19.6 Å². The van der Waals surface area contributed by atoms with Crippen molar-refractivity contribution in [2.45, 2.75) is 19.4 Å². The zero-order chi connectivity index (χ0) is 16.2. The van der Waals surface area contributed by atoms with Crippen LogP contribution in [0.5, 0.6) is 5.75 Å². The van der Waals surface area contributed by atoms with Gasteiger partial charge in [-0.3, -0.25) is 9.69 Å². The molecule has 7 nitrogen and oxygen atoms in total. The molecule has 0 saturated carbocycles. The van der Waals surface area contributed by atoms with Gasteiger partial charge in [0.25, 0.3) is 0 Å². The van der Waals surface area contributed by atoms with Crippen molar-refractivity contribution in [2.24, 2.45) is 5.92 Å². The van der Waals surface area contributed by atoms with Crippen LogP contribution in [0.2, 0.25) is 0 Å². The lowest BCUT2D eigenvalue weighted by atomic mass is 9.98. The first-order chi connectivity index (χ1) is 11.2. The predicted octanol–water partition coefficient (Wildman–Crippen LogP) is 2.04. The number of carboxylic acids is 1. The summed E-state index contributed by atoms with van der Waals surface area (Å²) in [6.07, 6.45) is 1.60. The van der Waals surface area contributed by atoms with Gasteiger partial charge < -0.3 is 14.4 Å². The van der Waals surface area contributed by atoms with E-state index in [1.54, 1.807) is 7.11 Å². The number of aliphatic carboxylic acids is 1. The first kappa shape index (κ1) is 15.5. The molecule has 2 heterocycles. The first-order valence-corrected chi connectivity index (χ1v) is 7.58. The molecule has 1 aliphatic rings. The number of nitrogens with zero attached hydrogens (tertiary/aromatic N) is 3. The topological polar surface area (TPSA) is 88.7 Å². The van der Waals surface area contributed by atoms with Gasteiger partial charge in [-0.05, 0) is 43.7 Å². The average molecular weight is 317 g/mol. The third-order valence-electron chi connectivity index (χ3n) is 4.03. The Hall–Kier alpha value is -2.41. The van der Waals surface area contributed by atoms with Crippen LogP contribution in [0.4, 0.5) is 0 Å². The van der Waals surface area contributed by atoms with E-state index in [-0.39, 0.29) is 5.92 Å². The third-order valence-corrected chi connectivity index (χ3v) is 4.03. The fourth-order valence-corrected chi connectivity index (χ4v) is 2.77. The van der Waals surface area contributed by atoms with E-state index in [1.807, 2.05) is 29.2 Å². The van der Waals surface area contributed by atoms with Crippen LogP contribution >= 0.6 is 0 Å². The summed E-state index contributed by atoms with van der Waals surface area (Å²) in [6, 6.07) is 7.42. The number of hydrogen-bond acceptors (Lipinski definition) is 6. The minimum absolute atomic E-state index is 0.312. The van der Waals surface area contributed by atoms with E-state index < -0.39 is 5.97 Å². The van der Waals surface area contributed by atoms with Crippen molar-refractivity contribution in [1.29, 1.82) is 0 Å². The van der Waals surface area contributed by atoms with E-state index in [0.29, 0.717) is 24.8 Å². The van der Waals surface area contributed by atoms with Gasteiger partial charge >= 0.3 is 5.97 Å². The molecule has 0 spiro atoms. The molecule has 0 radical (unpaired) electrons. The monoisotopic (exact) mass is 317 g/mol. The van der Waals surface area contributed by atoms with E-state index in [2.05, 4.69) is 10.1 Å². The van der Waals surface area contributed by atoms with Crippen molar-refractivity contribution in [3.05, 3.63) is 30.2 Å². The smallest absolute Gasteiger partial charge is 0.307 e. The maximum Gasteiger partial charge on any atom is 0.307 e. The molecule has 1 aromatic heterocycles. The van der Waals surface area contributed by atoms with Crippen molar-refractivity contribution in [3.8, 4) is 17.1 Å². The number of rotatable bonds is 5. The molecule has 1 aliphatic heterocycles. The van der Waals surface area contributed by atoms with Crippen LogP contribution in [-0.2, 0) is 11.3 Å². The largest absolute Gasteiger partial charge is 0.497 e. The summed E-state index contributed by atoms with van der Waals surface area (Å²) in [4.78, 5) is 17.5. The number of hydrogen-bond donors (Lipinski definition) is 1. The van der Waals surface area contributed by atoms with Crippen LogP contribution in [0, 0.1) is 5.92 Å². The van der Waals surface area contributed by atoms with Gasteiger partial charge in [0.1, 0.15) is 5.75 Å². The lowest BCUT2D eigenvalue weighted by molar-refractivity contribution is -0.143. The maximum absolute atomic E-state index is 11.1. The second-order valence-corrected chi connectivity index (χ2v) is 5.65. The van der Waals surface area contributed by atoms with E-state index in [1.165, 1.54) is 0 Å². The Balaban J connectivity index is 1.65. The first-order valence-electron chi connectivity index (χ1n) is 7.58. The molecule has 122 valence electrons. The highest BCUT2D eigenvalue weighted by Gasteiger charge is 2.26. The molecule has 1 N–H and O–H groups in total. The lowest BCUT2D eigenvalue weighted by Crippen LogP contribution is -2.38. The Morgan fingerprint density at radius 2 is 2.22 bits per heavy atom. The predicted molar refractivity (Wildman–Crippen MR) is 81.9 cm³/mol. The highest BCUT2D eigenvalue weighted by Crippen LogP contribution is 2.22. The molecule has 1 atom stereocenters. The van der Waals surface area contributed by atoms with Gasteiger partial charge in [0, 0.05) is 12.1 Å². The summed E-state index contributed by atoms with van der Waals surface area (Å²) in [6.45, 7) is 1.85. The summed E-state index contributed by atoms with van der Waals surface area (Å²) >= 11 is 0. The van der Waals surface area contributed by atoms with Crippen molar-refractivity contribution in [3.63, 3.8) is 0 Å². The Morgan fingerprint density at radius 3 is 2.91 bits per heavy atom. The maximum atomic E-state index is 11.1. The number of carbonyl (C=O) groups is 1. The van der Waals surface area contributed by atoms with Crippen molar-refractivity contribution < 1.29 is 19.2 Å². The standard InChI is InChI=1S/C16H19N3O4/c1-22-13-6-4-11(5-7-13)15-17-14(23-18-15)10-19-8-2-3-12(9-19)16(20)21/h4-7,12H,2-3,8-10H2,1H3,(H,20,21). The lowest BCUT2D eigenvalue weighted by Gasteiger charge is -2.29. The molecule has 0 bridgehead atoms. The summed E-state index contributed by atoms with van der Waals surface area (Å²) in [5.74, 6) is 0.744. The quantitative estimate of drug-likeness (QED) is 0.902. The van der Waals surface area contributed by atoms with Gasteiger partial charge in [0.15, 0.2) is 0 Å². The van der Waals surface area contributed by atoms with Crippen LogP contribution in [0.25, 0.3) is 11.4 Å². The Labute approximate surface area is 133 Å². The normalized spacial score (nSPS) is 18.7. The number of ether oxygens (including phenoxy) is 1.